The van der Waals surface area contributed by atoms with Crippen LogP contribution in [0.2, 0.25) is 0 Å². The lowest BCUT2D eigenvalue weighted by atomic mass is 10.0. The molecule has 18 heavy (non-hydrogen) atoms. The number of hydrogen-bond donors (Lipinski definition) is 1. The number of aryl methyl sites for hydroxylation is 2. The minimum atomic E-state index is -0.349. The zero-order valence-corrected chi connectivity index (χ0v) is 11.0. The Morgan fingerprint density at radius 1 is 1.11 bits per heavy atom. The molecule has 0 radical (unpaired) electrons. The Labute approximate surface area is 106 Å². The first kappa shape index (κ1) is 12.6. The van der Waals surface area contributed by atoms with Crippen LogP contribution in [-0.2, 0) is 0 Å². The molecule has 3 heteroatoms. The first-order valence-corrected chi connectivity index (χ1v) is 5.88. The van der Waals surface area contributed by atoms with Crippen molar-refractivity contribution >= 4 is 5.78 Å². The Kier molecular flexibility index (Phi) is 3.07. The molecule has 0 amide bonds. The Hall–Kier alpha value is -1.90. The van der Waals surface area contributed by atoms with Crippen molar-refractivity contribution in [3.8, 4) is 0 Å². The van der Waals surface area contributed by atoms with Crippen molar-refractivity contribution in [3.63, 3.8) is 0 Å². The van der Waals surface area contributed by atoms with Crippen LogP contribution in [0.15, 0.2) is 18.2 Å². The van der Waals surface area contributed by atoms with Crippen LogP contribution in [0.5, 0.6) is 0 Å². The largest absolute Gasteiger partial charge is 0.356 e. The van der Waals surface area contributed by atoms with E-state index in [0.717, 1.165) is 16.8 Å². The van der Waals surface area contributed by atoms with E-state index >= 15 is 0 Å². The Bertz CT molecular complexity index is 626. The van der Waals surface area contributed by atoms with E-state index in [-0.39, 0.29) is 11.6 Å². The van der Waals surface area contributed by atoms with Crippen LogP contribution < -0.4 is 0 Å². The van der Waals surface area contributed by atoms with Gasteiger partial charge < -0.3 is 4.98 Å². The summed E-state index contributed by atoms with van der Waals surface area (Å²) >= 11 is 0. The summed E-state index contributed by atoms with van der Waals surface area (Å²) in [6.45, 7) is 7.47. The maximum atomic E-state index is 13.5. The fourth-order valence-corrected chi connectivity index (χ4v) is 1.95. The van der Waals surface area contributed by atoms with Crippen LogP contribution in [0.25, 0.3) is 0 Å². The maximum Gasteiger partial charge on any atom is 0.209 e. The molecule has 2 rings (SSSR count). The van der Waals surface area contributed by atoms with Crippen molar-refractivity contribution in [3.05, 3.63) is 57.7 Å². The molecule has 0 aliphatic carbocycles. The van der Waals surface area contributed by atoms with Gasteiger partial charge in [0.1, 0.15) is 5.82 Å². The average molecular weight is 245 g/mol. The van der Waals surface area contributed by atoms with E-state index < -0.39 is 0 Å². The van der Waals surface area contributed by atoms with Crippen LogP contribution in [0.4, 0.5) is 4.39 Å². The summed E-state index contributed by atoms with van der Waals surface area (Å²) < 4.78 is 13.5. The fourth-order valence-electron chi connectivity index (χ4n) is 1.95. The first-order valence-electron chi connectivity index (χ1n) is 5.88. The normalized spacial score (nSPS) is 10.7. The van der Waals surface area contributed by atoms with Crippen molar-refractivity contribution in [1.29, 1.82) is 0 Å². The predicted molar refractivity (Wildman–Crippen MR) is 69.6 cm³/mol. The number of aromatic amines is 1. The van der Waals surface area contributed by atoms with Gasteiger partial charge >= 0.3 is 0 Å². The Morgan fingerprint density at radius 3 is 2.28 bits per heavy atom. The summed E-state index contributed by atoms with van der Waals surface area (Å²) in [5.41, 5.74) is 4.45. The fraction of sp³-hybridized carbons (Fsp3) is 0.267. The van der Waals surface area contributed by atoms with Crippen molar-refractivity contribution in [2.75, 3.05) is 0 Å². The molecule has 0 saturated carbocycles. The number of aromatic nitrogens is 1. The molecule has 1 heterocycles. The van der Waals surface area contributed by atoms with Crippen LogP contribution in [0.3, 0.4) is 0 Å². The van der Waals surface area contributed by atoms with Gasteiger partial charge in [-0.05, 0) is 50.5 Å². The van der Waals surface area contributed by atoms with Crippen LogP contribution in [0.1, 0.15) is 38.4 Å². The topological polar surface area (TPSA) is 32.9 Å². The molecule has 0 aliphatic rings. The van der Waals surface area contributed by atoms with E-state index in [0.29, 0.717) is 16.8 Å². The molecule has 94 valence electrons. The minimum Gasteiger partial charge on any atom is -0.356 e. The number of H-pyrrole nitrogens is 1. The minimum absolute atomic E-state index is 0.164. The van der Waals surface area contributed by atoms with E-state index in [1.807, 2.05) is 20.8 Å². The number of nitrogens with one attached hydrogen (secondary N) is 1. The second-order valence-electron chi connectivity index (χ2n) is 4.67. The molecule has 0 atom stereocenters. The van der Waals surface area contributed by atoms with Gasteiger partial charge in [0.25, 0.3) is 0 Å². The highest BCUT2D eigenvalue weighted by Gasteiger charge is 2.17. The molecule has 2 nitrogen and oxygen atoms in total. The van der Waals surface area contributed by atoms with Gasteiger partial charge in [0, 0.05) is 11.3 Å². The SMILES string of the molecule is Cc1ccc(C(=O)c2[nH]c(C)c(C)c2C)cc1F. The van der Waals surface area contributed by atoms with E-state index in [2.05, 4.69) is 4.98 Å². The highest BCUT2D eigenvalue weighted by molar-refractivity contribution is 6.09. The summed E-state index contributed by atoms with van der Waals surface area (Å²) in [4.78, 5) is 15.4. The number of benzene rings is 1. The van der Waals surface area contributed by atoms with Gasteiger partial charge in [0.15, 0.2) is 0 Å². The summed E-state index contributed by atoms with van der Waals surface area (Å²) in [6.07, 6.45) is 0. The van der Waals surface area contributed by atoms with Gasteiger partial charge in [-0.2, -0.15) is 0 Å². The smallest absolute Gasteiger partial charge is 0.209 e. The zero-order chi connectivity index (χ0) is 13.4. The van der Waals surface area contributed by atoms with Gasteiger partial charge in [-0.15, -0.1) is 0 Å². The van der Waals surface area contributed by atoms with E-state index in [1.165, 1.54) is 6.07 Å². The van der Waals surface area contributed by atoms with E-state index in [1.54, 1.807) is 19.1 Å². The third-order valence-electron chi connectivity index (χ3n) is 3.47. The van der Waals surface area contributed by atoms with Crippen molar-refractivity contribution < 1.29 is 9.18 Å². The molecule has 1 aromatic carbocycles. The van der Waals surface area contributed by atoms with Gasteiger partial charge in [0.2, 0.25) is 5.78 Å². The lowest BCUT2D eigenvalue weighted by molar-refractivity contribution is 0.103. The molecule has 0 saturated heterocycles. The number of carbonyl (C=O) groups excluding carboxylic acids is 1. The molecule has 0 spiro atoms. The standard InChI is InChI=1S/C15H16FNO/c1-8-5-6-12(7-13(8)16)15(18)14-10(3)9(2)11(4)17-14/h5-7,17H,1-4H3. The third-order valence-corrected chi connectivity index (χ3v) is 3.47. The van der Waals surface area contributed by atoms with Gasteiger partial charge in [-0.1, -0.05) is 12.1 Å². The van der Waals surface area contributed by atoms with Crippen LogP contribution >= 0.6 is 0 Å². The summed E-state index contributed by atoms with van der Waals surface area (Å²) in [5, 5.41) is 0. The van der Waals surface area contributed by atoms with Crippen LogP contribution in [-0.4, -0.2) is 10.8 Å². The lowest BCUT2D eigenvalue weighted by Gasteiger charge is -2.03. The molecule has 0 fully saturated rings. The number of halogens is 1. The van der Waals surface area contributed by atoms with Crippen molar-refractivity contribution in [1.82, 2.24) is 4.98 Å². The summed E-state index contributed by atoms with van der Waals surface area (Å²) in [6, 6.07) is 4.58. The zero-order valence-electron chi connectivity index (χ0n) is 11.0. The summed E-state index contributed by atoms with van der Waals surface area (Å²) in [5.74, 6) is -0.513. The number of hydrogen-bond acceptors (Lipinski definition) is 1. The molecule has 2 aromatic rings. The first-order chi connectivity index (χ1) is 8.41. The molecule has 0 aliphatic heterocycles. The third kappa shape index (κ3) is 1.96. The second kappa shape index (κ2) is 4.41. The monoisotopic (exact) mass is 245 g/mol. The lowest BCUT2D eigenvalue weighted by Crippen LogP contribution is -2.04. The van der Waals surface area contributed by atoms with E-state index in [9.17, 15) is 9.18 Å². The van der Waals surface area contributed by atoms with Crippen molar-refractivity contribution in [2.45, 2.75) is 27.7 Å². The Morgan fingerprint density at radius 2 is 1.78 bits per heavy atom. The molecule has 0 unspecified atom stereocenters. The molecule has 1 N–H and O–H groups in total. The van der Waals surface area contributed by atoms with Crippen molar-refractivity contribution in [2.24, 2.45) is 0 Å². The van der Waals surface area contributed by atoms with Gasteiger partial charge in [-0.3, -0.25) is 4.79 Å². The number of ketones is 1. The quantitative estimate of drug-likeness (QED) is 0.805. The van der Waals surface area contributed by atoms with Gasteiger partial charge in [0.05, 0.1) is 5.69 Å². The number of carbonyl (C=O) groups is 1. The average Bonchev–Trinajstić information content (AvgIpc) is 2.60. The number of rotatable bonds is 2. The molecule has 1 aromatic heterocycles. The highest BCUT2D eigenvalue weighted by atomic mass is 19.1. The van der Waals surface area contributed by atoms with E-state index in [4.69, 9.17) is 0 Å². The van der Waals surface area contributed by atoms with Gasteiger partial charge in [-0.25, -0.2) is 4.39 Å². The highest BCUT2D eigenvalue weighted by Crippen LogP contribution is 2.20. The molecule has 0 bridgehead atoms. The predicted octanol–water partition coefficient (Wildman–Crippen LogP) is 3.62. The Balaban J connectivity index is 2.48. The second-order valence-corrected chi connectivity index (χ2v) is 4.67. The summed E-state index contributed by atoms with van der Waals surface area (Å²) in [7, 11) is 0. The molecular weight excluding hydrogens is 229 g/mol. The van der Waals surface area contributed by atoms with Crippen LogP contribution in [0, 0.1) is 33.5 Å². The maximum absolute atomic E-state index is 13.5. The molecular formula is C15H16FNO.